The van der Waals surface area contributed by atoms with Crippen molar-refractivity contribution in [1.82, 2.24) is 0 Å². The lowest BCUT2D eigenvalue weighted by Gasteiger charge is -2.35. The van der Waals surface area contributed by atoms with Crippen LogP contribution in [0.25, 0.3) is 76.9 Å². The van der Waals surface area contributed by atoms with Crippen molar-refractivity contribution in [1.29, 1.82) is 0 Å². The number of anilines is 3. The smallest absolute Gasteiger partial charge is 0.159 e. The van der Waals surface area contributed by atoms with E-state index in [9.17, 15) is 0 Å². The number of furan rings is 1. The third-order valence-electron chi connectivity index (χ3n) is 13.7. The molecular weight excluding hydrogens is 787 g/mol. The monoisotopic (exact) mass is 827 g/mol. The molecule has 0 bridgehead atoms. The Hall–Kier alpha value is -8.46. The van der Waals surface area contributed by atoms with Gasteiger partial charge in [0.2, 0.25) is 0 Å². The highest BCUT2D eigenvalue weighted by atomic mass is 16.3. The molecule has 0 saturated carbocycles. The Bertz CT molecular complexity index is 3710. The average Bonchev–Trinajstić information content (AvgIpc) is 3.90. The Morgan fingerprint density at radius 3 is 1.65 bits per heavy atom. The molecular formula is C63H41NO. The zero-order valence-electron chi connectivity index (χ0n) is 35.5. The molecule has 0 spiro atoms. The topological polar surface area (TPSA) is 16.4 Å². The van der Waals surface area contributed by atoms with Crippen molar-refractivity contribution in [2.75, 3.05) is 4.90 Å². The highest BCUT2D eigenvalue weighted by Crippen LogP contribution is 2.57. The van der Waals surface area contributed by atoms with E-state index in [0.717, 1.165) is 50.1 Å². The normalized spacial score (nSPS) is 12.7. The van der Waals surface area contributed by atoms with Crippen molar-refractivity contribution in [3.8, 4) is 33.4 Å². The molecule has 0 unspecified atom stereocenters. The molecule has 12 aromatic rings. The van der Waals surface area contributed by atoms with E-state index in [1.54, 1.807) is 0 Å². The predicted molar refractivity (Wildman–Crippen MR) is 272 cm³/mol. The van der Waals surface area contributed by atoms with E-state index in [1.165, 1.54) is 66.1 Å². The fraction of sp³-hybridized carbons (Fsp3) is 0.0159. The molecule has 0 amide bonds. The second-order valence-corrected chi connectivity index (χ2v) is 17.1. The predicted octanol–water partition coefficient (Wildman–Crippen LogP) is 17.1. The summed E-state index contributed by atoms with van der Waals surface area (Å²) in [5.74, 6) is 0. The summed E-state index contributed by atoms with van der Waals surface area (Å²) in [5, 5.41) is 6.93. The van der Waals surface area contributed by atoms with Crippen molar-refractivity contribution >= 4 is 60.5 Å². The van der Waals surface area contributed by atoms with Crippen LogP contribution >= 0.6 is 0 Å². The molecule has 0 atom stereocenters. The van der Waals surface area contributed by atoms with Crippen LogP contribution in [0.2, 0.25) is 0 Å². The second kappa shape index (κ2) is 14.8. The lowest BCUT2D eigenvalue weighted by molar-refractivity contribution is 0.670. The zero-order valence-corrected chi connectivity index (χ0v) is 35.5. The van der Waals surface area contributed by atoms with Crippen LogP contribution in [0.5, 0.6) is 0 Å². The fourth-order valence-corrected chi connectivity index (χ4v) is 10.9. The molecule has 2 nitrogen and oxygen atoms in total. The molecule has 0 saturated heterocycles. The summed E-state index contributed by atoms with van der Waals surface area (Å²) in [6.45, 7) is 0. The van der Waals surface area contributed by atoms with Crippen LogP contribution in [0.4, 0.5) is 17.1 Å². The average molecular weight is 828 g/mol. The molecule has 1 aliphatic carbocycles. The van der Waals surface area contributed by atoms with Gasteiger partial charge in [0.15, 0.2) is 5.58 Å². The highest BCUT2D eigenvalue weighted by molar-refractivity contribution is 6.22. The lowest BCUT2D eigenvalue weighted by atomic mass is 9.67. The van der Waals surface area contributed by atoms with Crippen molar-refractivity contribution in [3.05, 3.63) is 271 Å². The maximum Gasteiger partial charge on any atom is 0.159 e. The molecule has 13 rings (SSSR count). The first-order valence-corrected chi connectivity index (χ1v) is 22.4. The summed E-state index contributed by atoms with van der Waals surface area (Å²) in [5.41, 5.74) is 16.4. The summed E-state index contributed by atoms with van der Waals surface area (Å²) in [6.07, 6.45) is 0. The third kappa shape index (κ3) is 5.67. The standard InChI is InChI=1S/C63H41NO/c1-4-18-42(19-5-1)43-34-36-48(37-35-43)64(49-38-39-53-52-29-14-15-32-57(52)63(58(53)41-49,46-23-6-2-7-24-46)47-25-8-3-9-26-47)59-33-17-31-55-56-40-45-21-11-13-28-51(45)60(62(56)65-61(55)59)54-30-16-22-44-20-10-12-27-50(44)54/h1-41H. The van der Waals surface area contributed by atoms with E-state index in [2.05, 4.69) is 254 Å². The van der Waals surface area contributed by atoms with Crippen molar-refractivity contribution in [2.24, 2.45) is 0 Å². The molecule has 0 radical (unpaired) electrons. The van der Waals surface area contributed by atoms with Crippen LogP contribution in [-0.2, 0) is 5.41 Å². The van der Waals surface area contributed by atoms with E-state index in [1.807, 2.05) is 0 Å². The number of nitrogens with zero attached hydrogens (tertiary/aromatic N) is 1. The van der Waals surface area contributed by atoms with Crippen LogP contribution in [0, 0.1) is 0 Å². The Morgan fingerprint density at radius 1 is 0.323 bits per heavy atom. The van der Waals surface area contributed by atoms with Crippen LogP contribution in [0.1, 0.15) is 22.3 Å². The third-order valence-corrected chi connectivity index (χ3v) is 13.7. The van der Waals surface area contributed by atoms with Gasteiger partial charge < -0.3 is 9.32 Å². The van der Waals surface area contributed by atoms with Gasteiger partial charge >= 0.3 is 0 Å². The Morgan fingerprint density at radius 2 is 0.877 bits per heavy atom. The minimum absolute atomic E-state index is 0.549. The fourth-order valence-electron chi connectivity index (χ4n) is 10.9. The maximum atomic E-state index is 7.42. The SMILES string of the molecule is c1ccc(-c2ccc(N(c3ccc4c(c3)C(c3ccccc3)(c3ccccc3)c3ccccc3-4)c3cccc4c3oc3c(-c5cccc6ccccc56)c5ccccc5cc34)cc2)cc1. The van der Waals surface area contributed by atoms with Gasteiger partial charge in [-0.05, 0) is 108 Å². The van der Waals surface area contributed by atoms with Crippen LogP contribution in [0.15, 0.2) is 253 Å². The molecule has 0 N–H and O–H groups in total. The van der Waals surface area contributed by atoms with Gasteiger partial charge in [0.1, 0.15) is 5.58 Å². The summed E-state index contributed by atoms with van der Waals surface area (Å²) in [6, 6.07) is 90.6. The highest BCUT2D eigenvalue weighted by Gasteiger charge is 2.46. The zero-order chi connectivity index (χ0) is 42.9. The van der Waals surface area contributed by atoms with Gasteiger partial charge in [-0.3, -0.25) is 0 Å². The van der Waals surface area contributed by atoms with Gasteiger partial charge in [-0.1, -0.05) is 212 Å². The molecule has 304 valence electrons. The van der Waals surface area contributed by atoms with Crippen molar-refractivity contribution in [3.63, 3.8) is 0 Å². The molecule has 2 heteroatoms. The quantitative estimate of drug-likeness (QED) is 0.159. The number of hydrogen-bond donors (Lipinski definition) is 0. The van der Waals surface area contributed by atoms with E-state index >= 15 is 0 Å². The Kier molecular flexibility index (Phi) is 8.47. The number of fused-ring (bicyclic) bond motifs is 8. The van der Waals surface area contributed by atoms with Gasteiger partial charge in [-0.15, -0.1) is 0 Å². The number of benzene rings is 11. The summed E-state index contributed by atoms with van der Waals surface area (Å²) in [7, 11) is 0. The molecule has 1 aliphatic rings. The number of hydrogen-bond acceptors (Lipinski definition) is 2. The molecule has 1 aromatic heterocycles. The van der Waals surface area contributed by atoms with Gasteiger partial charge in [-0.25, -0.2) is 0 Å². The first-order valence-electron chi connectivity index (χ1n) is 22.4. The largest absolute Gasteiger partial charge is 0.453 e. The van der Waals surface area contributed by atoms with Gasteiger partial charge in [0.05, 0.1) is 11.1 Å². The van der Waals surface area contributed by atoms with E-state index in [4.69, 9.17) is 4.42 Å². The van der Waals surface area contributed by atoms with E-state index in [-0.39, 0.29) is 0 Å². The Balaban J connectivity index is 1.10. The minimum atomic E-state index is -0.549. The lowest BCUT2D eigenvalue weighted by Crippen LogP contribution is -2.28. The molecule has 1 heterocycles. The number of para-hydroxylation sites is 1. The molecule has 65 heavy (non-hydrogen) atoms. The second-order valence-electron chi connectivity index (χ2n) is 17.1. The molecule has 0 fully saturated rings. The maximum absolute atomic E-state index is 7.42. The first-order chi connectivity index (χ1) is 32.3. The van der Waals surface area contributed by atoms with Crippen LogP contribution in [-0.4, -0.2) is 0 Å². The number of rotatable bonds is 7. The van der Waals surface area contributed by atoms with Gasteiger partial charge in [0.25, 0.3) is 0 Å². The van der Waals surface area contributed by atoms with E-state index in [0.29, 0.717) is 0 Å². The van der Waals surface area contributed by atoms with Gasteiger partial charge in [0, 0.05) is 27.7 Å². The molecule has 0 aliphatic heterocycles. The summed E-state index contributed by atoms with van der Waals surface area (Å²) >= 11 is 0. The van der Waals surface area contributed by atoms with Crippen LogP contribution in [0.3, 0.4) is 0 Å². The van der Waals surface area contributed by atoms with Crippen molar-refractivity contribution in [2.45, 2.75) is 5.41 Å². The first kappa shape index (κ1) is 37.1. The van der Waals surface area contributed by atoms with Crippen LogP contribution < -0.4 is 4.90 Å². The summed E-state index contributed by atoms with van der Waals surface area (Å²) < 4.78 is 7.42. The minimum Gasteiger partial charge on any atom is -0.453 e. The van der Waals surface area contributed by atoms with Gasteiger partial charge in [-0.2, -0.15) is 0 Å². The summed E-state index contributed by atoms with van der Waals surface area (Å²) in [4.78, 5) is 2.40. The molecule has 11 aromatic carbocycles. The van der Waals surface area contributed by atoms with E-state index < -0.39 is 5.41 Å². The Labute approximate surface area is 377 Å². The van der Waals surface area contributed by atoms with Crippen molar-refractivity contribution < 1.29 is 4.42 Å².